The van der Waals surface area contributed by atoms with Crippen molar-refractivity contribution < 1.29 is 13.2 Å². The van der Waals surface area contributed by atoms with E-state index in [4.69, 9.17) is 0 Å². The molecule has 0 atom stereocenters. The van der Waals surface area contributed by atoms with E-state index in [1.165, 1.54) is 12.1 Å². The molecule has 1 amide bonds. The van der Waals surface area contributed by atoms with E-state index in [0.717, 1.165) is 17.7 Å². The Balaban J connectivity index is 2.27. The summed E-state index contributed by atoms with van der Waals surface area (Å²) in [6, 6.07) is 13.5. The average molecular weight is 332 g/mol. The molecule has 2 aromatic rings. The van der Waals surface area contributed by atoms with Crippen LogP contribution in [0.15, 0.2) is 53.4 Å². The Hall–Kier alpha value is -2.18. The van der Waals surface area contributed by atoms with Crippen LogP contribution in [0.5, 0.6) is 0 Å². The number of aryl methyl sites for hydroxylation is 1. The largest absolute Gasteiger partial charge is 0.322 e. The summed E-state index contributed by atoms with van der Waals surface area (Å²) < 4.78 is 26.5. The van der Waals surface area contributed by atoms with E-state index in [-0.39, 0.29) is 10.8 Å². The summed E-state index contributed by atoms with van der Waals surface area (Å²) in [6.07, 6.45) is 0.797. The third-order valence-corrected chi connectivity index (χ3v) is 4.93. The molecule has 0 aliphatic heterocycles. The maximum absolute atomic E-state index is 12.4. The van der Waals surface area contributed by atoms with Crippen LogP contribution in [0.2, 0.25) is 0 Å². The van der Waals surface area contributed by atoms with Crippen LogP contribution in [0.3, 0.4) is 0 Å². The fraction of sp³-hybridized carbons (Fsp3) is 0.235. The molecule has 0 aliphatic carbocycles. The van der Waals surface area contributed by atoms with Gasteiger partial charge in [-0.05, 0) is 36.2 Å². The molecule has 0 aliphatic rings. The second-order valence-electron chi connectivity index (χ2n) is 4.99. The predicted molar refractivity (Wildman–Crippen MR) is 91.1 cm³/mol. The van der Waals surface area contributed by atoms with E-state index in [0.29, 0.717) is 12.1 Å². The van der Waals surface area contributed by atoms with Crippen molar-refractivity contribution in [1.82, 2.24) is 4.72 Å². The number of hydrogen-bond donors (Lipinski definition) is 2. The molecule has 0 unspecified atom stereocenters. The van der Waals surface area contributed by atoms with Gasteiger partial charge in [-0.1, -0.05) is 38.1 Å². The van der Waals surface area contributed by atoms with Crippen LogP contribution in [0.4, 0.5) is 5.69 Å². The van der Waals surface area contributed by atoms with E-state index < -0.39 is 10.0 Å². The van der Waals surface area contributed by atoms with Gasteiger partial charge in [0.25, 0.3) is 5.91 Å². The van der Waals surface area contributed by atoms with Gasteiger partial charge in [0.1, 0.15) is 0 Å². The zero-order valence-corrected chi connectivity index (χ0v) is 14.0. The standard InChI is InChI=1S/C17H20N2O3S/c1-3-13-8-5-6-11-16(13)19-17(20)14-9-7-10-15(12-14)23(21,22)18-4-2/h5-12,18H,3-4H2,1-2H3,(H,19,20). The number of anilines is 1. The molecule has 0 bridgehead atoms. The molecule has 6 heteroatoms. The quantitative estimate of drug-likeness (QED) is 0.854. The molecule has 0 spiro atoms. The molecule has 23 heavy (non-hydrogen) atoms. The summed E-state index contributed by atoms with van der Waals surface area (Å²) >= 11 is 0. The number of nitrogens with one attached hydrogen (secondary N) is 2. The number of sulfonamides is 1. The highest BCUT2D eigenvalue weighted by atomic mass is 32.2. The Morgan fingerprint density at radius 3 is 2.48 bits per heavy atom. The van der Waals surface area contributed by atoms with Gasteiger partial charge in [0.15, 0.2) is 0 Å². The van der Waals surface area contributed by atoms with Gasteiger partial charge in [0.05, 0.1) is 4.90 Å². The Labute approximate surface area is 136 Å². The van der Waals surface area contributed by atoms with Crippen LogP contribution in [0, 0.1) is 0 Å². The lowest BCUT2D eigenvalue weighted by atomic mass is 10.1. The molecule has 0 saturated heterocycles. The minimum Gasteiger partial charge on any atom is -0.322 e. The molecule has 2 N–H and O–H groups in total. The van der Waals surface area contributed by atoms with Gasteiger partial charge in [-0.15, -0.1) is 0 Å². The second kappa shape index (κ2) is 7.39. The lowest BCUT2D eigenvalue weighted by molar-refractivity contribution is 0.102. The van der Waals surface area contributed by atoms with Gasteiger partial charge in [0.2, 0.25) is 10.0 Å². The molecule has 0 saturated carbocycles. The predicted octanol–water partition coefficient (Wildman–Crippen LogP) is 2.80. The second-order valence-corrected chi connectivity index (χ2v) is 6.76. The molecule has 0 aromatic heterocycles. The zero-order chi connectivity index (χ0) is 16.9. The normalized spacial score (nSPS) is 11.2. The van der Waals surface area contributed by atoms with E-state index in [2.05, 4.69) is 10.0 Å². The molecule has 122 valence electrons. The Morgan fingerprint density at radius 1 is 1.04 bits per heavy atom. The summed E-state index contributed by atoms with van der Waals surface area (Å²) in [4.78, 5) is 12.5. The van der Waals surface area contributed by atoms with Crippen molar-refractivity contribution in [3.8, 4) is 0 Å². The van der Waals surface area contributed by atoms with Crippen LogP contribution in [-0.4, -0.2) is 20.9 Å². The maximum Gasteiger partial charge on any atom is 0.255 e. The third kappa shape index (κ3) is 4.18. The minimum absolute atomic E-state index is 0.0794. The smallest absolute Gasteiger partial charge is 0.255 e. The van der Waals surface area contributed by atoms with Crippen LogP contribution >= 0.6 is 0 Å². The van der Waals surface area contributed by atoms with Gasteiger partial charge < -0.3 is 5.32 Å². The van der Waals surface area contributed by atoms with Crippen molar-refractivity contribution in [1.29, 1.82) is 0 Å². The van der Waals surface area contributed by atoms with Crippen LogP contribution in [0.25, 0.3) is 0 Å². The van der Waals surface area contributed by atoms with E-state index in [9.17, 15) is 13.2 Å². The lowest BCUT2D eigenvalue weighted by Crippen LogP contribution is -2.23. The average Bonchev–Trinajstić information content (AvgIpc) is 2.55. The highest BCUT2D eigenvalue weighted by Gasteiger charge is 2.15. The molecular weight excluding hydrogens is 312 g/mol. The molecular formula is C17H20N2O3S. The van der Waals surface area contributed by atoms with Crippen molar-refractivity contribution in [2.75, 3.05) is 11.9 Å². The number of carbonyl (C=O) groups excluding carboxylic acids is 1. The highest BCUT2D eigenvalue weighted by molar-refractivity contribution is 7.89. The first-order valence-corrected chi connectivity index (χ1v) is 8.95. The fourth-order valence-corrected chi connectivity index (χ4v) is 3.31. The molecule has 0 heterocycles. The van der Waals surface area contributed by atoms with Crippen LogP contribution in [-0.2, 0) is 16.4 Å². The fourth-order valence-electron chi connectivity index (χ4n) is 2.22. The first-order valence-electron chi connectivity index (χ1n) is 7.47. The van der Waals surface area contributed by atoms with Crippen molar-refractivity contribution in [2.45, 2.75) is 25.2 Å². The summed E-state index contributed by atoms with van der Waals surface area (Å²) in [6.45, 7) is 4.01. The van der Waals surface area contributed by atoms with Crippen LogP contribution in [0.1, 0.15) is 29.8 Å². The van der Waals surface area contributed by atoms with Gasteiger partial charge >= 0.3 is 0 Å². The SMILES string of the molecule is CCNS(=O)(=O)c1cccc(C(=O)Nc2ccccc2CC)c1. The minimum atomic E-state index is -3.58. The number of carbonyl (C=O) groups is 1. The van der Waals surface area contributed by atoms with Gasteiger partial charge in [-0.25, -0.2) is 13.1 Å². The van der Waals surface area contributed by atoms with Crippen molar-refractivity contribution in [3.05, 3.63) is 59.7 Å². The van der Waals surface area contributed by atoms with E-state index in [1.54, 1.807) is 19.1 Å². The molecule has 2 rings (SSSR count). The first kappa shape index (κ1) is 17.2. The lowest BCUT2D eigenvalue weighted by Gasteiger charge is -2.10. The summed E-state index contributed by atoms with van der Waals surface area (Å²) in [5.74, 6) is -0.334. The number of benzene rings is 2. The van der Waals surface area contributed by atoms with Crippen molar-refractivity contribution >= 4 is 21.6 Å². The molecule has 2 aromatic carbocycles. The van der Waals surface area contributed by atoms with Gasteiger partial charge in [-0.3, -0.25) is 4.79 Å². The molecule has 0 fully saturated rings. The van der Waals surface area contributed by atoms with Crippen molar-refractivity contribution in [2.24, 2.45) is 0 Å². The number of rotatable bonds is 6. The summed E-state index contributed by atoms with van der Waals surface area (Å²) in [5.41, 5.74) is 2.06. The van der Waals surface area contributed by atoms with Crippen LogP contribution < -0.4 is 10.0 Å². The van der Waals surface area contributed by atoms with Crippen molar-refractivity contribution in [3.63, 3.8) is 0 Å². The van der Waals surface area contributed by atoms with Gasteiger partial charge in [0, 0.05) is 17.8 Å². The monoisotopic (exact) mass is 332 g/mol. The topological polar surface area (TPSA) is 75.3 Å². The molecule has 0 radical (unpaired) electrons. The first-order chi connectivity index (χ1) is 11.0. The maximum atomic E-state index is 12.4. The summed E-state index contributed by atoms with van der Waals surface area (Å²) in [7, 11) is -3.58. The van der Waals surface area contributed by atoms with Gasteiger partial charge in [-0.2, -0.15) is 0 Å². The number of amides is 1. The summed E-state index contributed by atoms with van der Waals surface area (Å²) in [5, 5.41) is 2.83. The highest BCUT2D eigenvalue weighted by Crippen LogP contribution is 2.18. The number of hydrogen-bond acceptors (Lipinski definition) is 3. The van der Waals surface area contributed by atoms with E-state index >= 15 is 0 Å². The zero-order valence-electron chi connectivity index (χ0n) is 13.2. The number of para-hydroxylation sites is 1. The Morgan fingerprint density at radius 2 is 1.78 bits per heavy atom. The third-order valence-electron chi connectivity index (χ3n) is 3.39. The Kier molecular flexibility index (Phi) is 5.52. The molecule has 5 nitrogen and oxygen atoms in total. The van der Waals surface area contributed by atoms with E-state index in [1.807, 2.05) is 31.2 Å². The Bertz CT molecular complexity index is 801.